The second kappa shape index (κ2) is 9.76. The van der Waals surface area contributed by atoms with Crippen molar-refractivity contribution in [2.75, 3.05) is 20.8 Å². The van der Waals surface area contributed by atoms with Gasteiger partial charge in [-0.1, -0.05) is 23.7 Å². The Morgan fingerprint density at radius 1 is 1.18 bits per heavy atom. The maximum Gasteiger partial charge on any atom is 0.308 e. The zero-order chi connectivity index (χ0) is 23.5. The Labute approximate surface area is 195 Å². The van der Waals surface area contributed by atoms with Crippen LogP contribution in [0.4, 0.5) is 4.39 Å². The molecule has 0 radical (unpaired) electrons. The van der Waals surface area contributed by atoms with Crippen molar-refractivity contribution in [1.82, 2.24) is 14.8 Å². The molecule has 0 fully saturated rings. The maximum atomic E-state index is 13.9. The predicted molar refractivity (Wildman–Crippen MR) is 118 cm³/mol. The van der Waals surface area contributed by atoms with E-state index in [1.54, 1.807) is 42.9 Å². The quantitative estimate of drug-likeness (QED) is 0.464. The average molecular weight is 476 g/mol. The van der Waals surface area contributed by atoms with Crippen LogP contribution in [0.3, 0.4) is 0 Å². The summed E-state index contributed by atoms with van der Waals surface area (Å²) in [7, 11) is 3.07. The van der Waals surface area contributed by atoms with Gasteiger partial charge in [0, 0.05) is 16.1 Å². The summed E-state index contributed by atoms with van der Waals surface area (Å²) in [5.41, 5.74) is 1.87. The third-order valence-corrected chi connectivity index (χ3v) is 5.58. The number of para-hydroxylation sites is 1. The lowest BCUT2D eigenvalue weighted by atomic mass is 9.98. The van der Waals surface area contributed by atoms with Crippen molar-refractivity contribution in [3.05, 3.63) is 64.2 Å². The highest BCUT2D eigenvalue weighted by atomic mass is 35.5. The van der Waals surface area contributed by atoms with Crippen molar-refractivity contribution in [2.45, 2.75) is 32.2 Å². The van der Waals surface area contributed by atoms with Gasteiger partial charge in [0.25, 0.3) is 0 Å². The van der Waals surface area contributed by atoms with Crippen molar-refractivity contribution < 1.29 is 28.1 Å². The molecular weight excluding hydrogens is 453 g/mol. The van der Waals surface area contributed by atoms with Gasteiger partial charge in [-0.15, -0.1) is 10.2 Å². The molecule has 0 aliphatic carbocycles. The van der Waals surface area contributed by atoms with Crippen LogP contribution in [0, 0.1) is 0 Å². The van der Waals surface area contributed by atoms with Gasteiger partial charge >= 0.3 is 5.97 Å². The minimum Gasteiger partial charge on any atom is -0.493 e. The number of fused-ring (bicyclic) bond motifs is 3. The van der Waals surface area contributed by atoms with E-state index in [-0.39, 0.29) is 18.9 Å². The third-order valence-electron chi connectivity index (χ3n) is 5.35. The predicted octanol–water partition coefficient (Wildman–Crippen LogP) is 4.52. The zero-order valence-corrected chi connectivity index (χ0v) is 19.1. The molecule has 1 aliphatic rings. The summed E-state index contributed by atoms with van der Waals surface area (Å²) in [5, 5.41) is 8.59. The van der Waals surface area contributed by atoms with Crippen molar-refractivity contribution in [3.63, 3.8) is 0 Å². The third kappa shape index (κ3) is 4.26. The van der Waals surface area contributed by atoms with Gasteiger partial charge in [0.1, 0.15) is 18.9 Å². The summed E-state index contributed by atoms with van der Waals surface area (Å²) in [6.07, 6.45) is -1.75. The fourth-order valence-electron chi connectivity index (χ4n) is 4.00. The van der Waals surface area contributed by atoms with Gasteiger partial charge in [-0.05, 0) is 31.2 Å². The van der Waals surface area contributed by atoms with Gasteiger partial charge in [-0.25, -0.2) is 4.39 Å². The van der Waals surface area contributed by atoms with Crippen molar-refractivity contribution in [2.24, 2.45) is 0 Å². The van der Waals surface area contributed by atoms with E-state index in [0.29, 0.717) is 39.2 Å². The number of aromatic nitrogens is 3. The molecule has 0 saturated carbocycles. The number of hydrogen-bond acceptors (Lipinski definition) is 7. The summed E-state index contributed by atoms with van der Waals surface area (Å²) < 4.78 is 38.2. The van der Waals surface area contributed by atoms with Gasteiger partial charge in [0.05, 0.1) is 32.9 Å². The van der Waals surface area contributed by atoms with Crippen LogP contribution in [0.1, 0.15) is 48.3 Å². The highest BCUT2D eigenvalue weighted by Crippen LogP contribution is 2.46. The van der Waals surface area contributed by atoms with E-state index in [2.05, 4.69) is 10.2 Å². The molecule has 0 bridgehead atoms. The van der Waals surface area contributed by atoms with Crippen molar-refractivity contribution >= 4 is 17.6 Å². The van der Waals surface area contributed by atoms with Crippen molar-refractivity contribution in [1.29, 1.82) is 0 Å². The van der Waals surface area contributed by atoms with E-state index in [1.807, 2.05) is 12.1 Å². The van der Waals surface area contributed by atoms with Gasteiger partial charge in [-0.3, -0.25) is 9.36 Å². The Kier molecular flexibility index (Phi) is 6.80. The van der Waals surface area contributed by atoms with Crippen LogP contribution in [-0.2, 0) is 20.9 Å². The molecule has 0 saturated heterocycles. The molecule has 0 spiro atoms. The molecule has 3 aromatic rings. The molecule has 10 heteroatoms. The van der Waals surface area contributed by atoms with Crippen LogP contribution >= 0.6 is 11.6 Å². The first-order chi connectivity index (χ1) is 16.0. The average Bonchev–Trinajstić information content (AvgIpc) is 3.20. The number of ether oxygens (including phenoxy) is 4. The lowest BCUT2D eigenvalue weighted by Crippen LogP contribution is -2.17. The topological polar surface area (TPSA) is 84.7 Å². The maximum absolute atomic E-state index is 13.9. The van der Waals surface area contributed by atoms with E-state index >= 15 is 0 Å². The van der Waals surface area contributed by atoms with Crippen LogP contribution in [0.2, 0.25) is 5.02 Å². The number of rotatable bonds is 7. The number of carbonyl (C=O) groups is 1. The number of esters is 1. The number of halogens is 2. The molecule has 2 heterocycles. The fraction of sp³-hybridized carbons (Fsp3) is 0.348. The number of benzene rings is 2. The molecule has 1 aliphatic heterocycles. The minimum atomic E-state index is -0.871. The van der Waals surface area contributed by atoms with Gasteiger partial charge in [0.15, 0.2) is 23.1 Å². The lowest BCUT2D eigenvalue weighted by molar-refractivity contribution is -0.147. The highest BCUT2D eigenvalue weighted by Gasteiger charge is 2.36. The second-order valence-corrected chi connectivity index (χ2v) is 7.68. The Bertz CT molecular complexity index is 1170. The van der Waals surface area contributed by atoms with Crippen LogP contribution < -0.4 is 9.47 Å². The molecular formula is C23H23ClFN3O5. The normalized spacial score (nSPS) is 17.0. The molecule has 2 atom stereocenters. The molecule has 1 aromatic heterocycles. The summed E-state index contributed by atoms with van der Waals surface area (Å²) in [4.78, 5) is 12.4. The standard InChI is InChI=1S/C23H23ClFN3O5/c1-4-32-20(29)11-18-23-27-26-19(12-25)28(23)16-9-8-13(24)10-15(16)21(33-18)14-6-5-7-17(30-2)22(14)31-3/h5-10,18,21H,4,11-12H2,1-3H3. The number of alkyl halides is 1. The van der Waals surface area contributed by atoms with E-state index in [1.165, 1.54) is 7.11 Å². The summed E-state index contributed by atoms with van der Waals surface area (Å²) >= 11 is 6.35. The lowest BCUT2D eigenvalue weighted by Gasteiger charge is -2.24. The van der Waals surface area contributed by atoms with Gasteiger partial charge < -0.3 is 18.9 Å². The monoisotopic (exact) mass is 475 g/mol. The molecule has 33 heavy (non-hydrogen) atoms. The number of methoxy groups -OCH3 is 2. The molecule has 0 amide bonds. The van der Waals surface area contributed by atoms with Gasteiger partial charge in [0.2, 0.25) is 0 Å². The summed E-state index contributed by atoms with van der Waals surface area (Å²) in [6.45, 7) is 1.09. The number of nitrogens with zero attached hydrogens (tertiary/aromatic N) is 3. The fourth-order valence-corrected chi connectivity index (χ4v) is 4.18. The van der Waals surface area contributed by atoms with E-state index in [0.717, 1.165) is 0 Å². The van der Waals surface area contributed by atoms with Crippen LogP contribution in [-0.4, -0.2) is 41.6 Å². The molecule has 2 aromatic carbocycles. The highest BCUT2D eigenvalue weighted by molar-refractivity contribution is 6.30. The summed E-state index contributed by atoms with van der Waals surface area (Å²) in [6, 6.07) is 10.6. The number of hydrogen-bond donors (Lipinski definition) is 0. The first-order valence-electron chi connectivity index (χ1n) is 10.3. The minimum absolute atomic E-state index is 0.0873. The Balaban J connectivity index is 1.95. The molecule has 8 nitrogen and oxygen atoms in total. The summed E-state index contributed by atoms with van der Waals surface area (Å²) in [5.74, 6) is 0.888. The van der Waals surface area contributed by atoms with E-state index < -0.39 is 24.9 Å². The Morgan fingerprint density at radius 2 is 2.00 bits per heavy atom. The van der Waals surface area contributed by atoms with Crippen molar-refractivity contribution in [3.8, 4) is 17.2 Å². The SMILES string of the molecule is CCOC(=O)CC1OC(c2cccc(OC)c2OC)c2cc(Cl)ccc2-n2c(CF)nnc21. The van der Waals surface area contributed by atoms with E-state index in [9.17, 15) is 9.18 Å². The molecule has 4 rings (SSSR count). The first-order valence-corrected chi connectivity index (χ1v) is 10.7. The molecule has 2 unspecified atom stereocenters. The van der Waals surface area contributed by atoms with Crippen LogP contribution in [0.15, 0.2) is 36.4 Å². The number of carbonyl (C=O) groups excluding carboxylic acids is 1. The smallest absolute Gasteiger partial charge is 0.308 e. The van der Waals surface area contributed by atoms with E-state index in [4.69, 9.17) is 30.5 Å². The Morgan fingerprint density at radius 3 is 2.70 bits per heavy atom. The molecule has 174 valence electrons. The second-order valence-electron chi connectivity index (χ2n) is 7.24. The first kappa shape index (κ1) is 23.0. The van der Waals surface area contributed by atoms with Crippen LogP contribution in [0.25, 0.3) is 5.69 Å². The zero-order valence-electron chi connectivity index (χ0n) is 18.4. The largest absolute Gasteiger partial charge is 0.493 e. The Hall–Kier alpha value is -3.17. The molecule has 0 N–H and O–H groups in total. The van der Waals surface area contributed by atoms with Gasteiger partial charge in [-0.2, -0.15) is 0 Å². The van der Waals surface area contributed by atoms with Crippen LogP contribution in [0.5, 0.6) is 11.5 Å².